The second-order valence-corrected chi connectivity index (χ2v) is 6.54. The average Bonchev–Trinajstić information content (AvgIpc) is 2.61. The van der Waals surface area contributed by atoms with Gasteiger partial charge in [-0.2, -0.15) is 0 Å². The maximum absolute atomic E-state index is 11.3. The minimum absolute atomic E-state index is 0.0147. The lowest BCUT2D eigenvalue weighted by Crippen LogP contribution is -2.21. The van der Waals surface area contributed by atoms with Crippen LogP contribution in [0.2, 0.25) is 0 Å². The Labute approximate surface area is 105 Å². The number of nitrogen functional groups attached to an aromatic ring is 1. The standard InChI is InChI=1S/C11H14N2O4S/c12-10-8(11(14)15)2-1-3-9(10)13-7-4-5-18(16,17)6-7/h1-3,7,13H,4-6,12H2,(H,14,15). The molecule has 7 heteroatoms. The molecule has 1 aliphatic rings. The first kappa shape index (κ1) is 12.7. The van der Waals surface area contributed by atoms with Gasteiger partial charge in [0, 0.05) is 6.04 Å². The lowest BCUT2D eigenvalue weighted by Gasteiger charge is -2.15. The number of benzene rings is 1. The van der Waals surface area contributed by atoms with Crippen molar-refractivity contribution in [1.29, 1.82) is 0 Å². The van der Waals surface area contributed by atoms with Gasteiger partial charge in [-0.3, -0.25) is 0 Å². The molecule has 1 saturated heterocycles. The van der Waals surface area contributed by atoms with Crippen molar-refractivity contribution in [1.82, 2.24) is 0 Å². The van der Waals surface area contributed by atoms with Crippen LogP contribution in [0.25, 0.3) is 0 Å². The summed E-state index contributed by atoms with van der Waals surface area (Å²) in [6.07, 6.45) is 0.513. The maximum Gasteiger partial charge on any atom is 0.337 e. The van der Waals surface area contributed by atoms with Crippen molar-refractivity contribution in [2.24, 2.45) is 0 Å². The van der Waals surface area contributed by atoms with Gasteiger partial charge in [0.15, 0.2) is 9.84 Å². The molecular formula is C11H14N2O4S. The van der Waals surface area contributed by atoms with E-state index in [1.54, 1.807) is 12.1 Å². The van der Waals surface area contributed by atoms with Gasteiger partial charge in [0.1, 0.15) is 0 Å². The highest BCUT2D eigenvalue weighted by atomic mass is 32.2. The molecule has 98 valence electrons. The number of para-hydroxylation sites is 1. The Morgan fingerprint density at radius 2 is 2.17 bits per heavy atom. The Bertz CT molecular complexity index is 583. The number of nitrogens with one attached hydrogen (secondary N) is 1. The molecule has 1 unspecified atom stereocenters. The summed E-state index contributed by atoms with van der Waals surface area (Å²) in [4.78, 5) is 10.9. The third-order valence-corrected chi connectivity index (χ3v) is 4.70. The van der Waals surface area contributed by atoms with Gasteiger partial charge in [-0.1, -0.05) is 6.07 Å². The van der Waals surface area contributed by atoms with Gasteiger partial charge < -0.3 is 16.2 Å². The first-order chi connectivity index (χ1) is 8.39. The second-order valence-electron chi connectivity index (χ2n) is 4.32. The number of rotatable bonds is 3. The van der Waals surface area contributed by atoms with Crippen molar-refractivity contribution < 1.29 is 18.3 Å². The monoisotopic (exact) mass is 270 g/mol. The average molecular weight is 270 g/mol. The topological polar surface area (TPSA) is 109 Å². The molecule has 0 amide bonds. The van der Waals surface area contributed by atoms with Gasteiger partial charge in [-0.05, 0) is 18.6 Å². The fourth-order valence-electron chi connectivity index (χ4n) is 2.01. The number of sulfone groups is 1. The number of anilines is 2. The van der Waals surface area contributed by atoms with Gasteiger partial charge in [0.2, 0.25) is 0 Å². The molecule has 4 N–H and O–H groups in total. The van der Waals surface area contributed by atoms with E-state index >= 15 is 0 Å². The van der Waals surface area contributed by atoms with Crippen LogP contribution in [0.4, 0.5) is 11.4 Å². The Balaban J connectivity index is 2.20. The van der Waals surface area contributed by atoms with Crippen LogP contribution in [0, 0.1) is 0 Å². The van der Waals surface area contributed by atoms with Gasteiger partial charge in [-0.15, -0.1) is 0 Å². The minimum atomic E-state index is -2.97. The zero-order chi connectivity index (χ0) is 13.3. The zero-order valence-electron chi connectivity index (χ0n) is 9.59. The van der Waals surface area contributed by atoms with Gasteiger partial charge in [-0.25, -0.2) is 13.2 Å². The van der Waals surface area contributed by atoms with Crippen LogP contribution in [0.15, 0.2) is 18.2 Å². The predicted molar refractivity (Wildman–Crippen MR) is 68.5 cm³/mol. The highest BCUT2D eigenvalue weighted by Gasteiger charge is 2.28. The van der Waals surface area contributed by atoms with Crippen LogP contribution in [-0.4, -0.2) is 37.0 Å². The van der Waals surface area contributed by atoms with E-state index in [1.807, 2.05) is 0 Å². The van der Waals surface area contributed by atoms with Crippen molar-refractivity contribution in [3.63, 3.8) is 0 Å². The summed E-state index contributed by atoms with van der Waals surface area (Å²) >= 11 is 0. The summed E-state index contributed by atoms with van der Waals surface area (Å²) in [5.41, 5.74) is 6.35. The molecule has 1 aromatic carbocycles. The minimum Gasteiger partial charge on any atom is -0.478 e. The molecule has 6 nitrogen and oxygen atoms in total. The SMILES string of the molecule is Nc1c(NC2CCS(=O)(=O)C2)cccc1C(=O)O. The van der Waals surface area contributed by atoms with Gasteiger partial charge >= 0.3 is 5.97 Å². The van der Waals surface area contributed by atoms with Crippen molar-refractivity contribution in [2.45, 2.75) is 12.5 Å². The van der Waals surface area contributed by atoms with E-state index in [0.29, 0.717) is 12.1 Å². The number of aromatic carboxylic acids is 1. The molecule has 0 aromatic heterocycles. The van der Waals surface area contributed by atoms with Gasteiger partial charge in [0.25, 0.3) is 0 Å². The number of nitrogens with two attached hydrogens (primary N) is 1. The quantitative estimate of drug-likeness (QED) is 0.692. The molecule has 18 heavy (non-hydrogen) atoms. The van der Waals surface area contributed by atoms with E-state index in [-0.39, 0.29) is 28.8 Å². The second kappa shape index (κ2) is 4.49. The molecule has 0 spiro atoms. The summed E-state index contributed by atoms with van der Waals surface area (Å²) in [5, 5.41) is 11.9. The summed E-state index contributed by atoms with van der Waals surface area (Å²) in [7, 11) is -2.97. The highest BCUT2D eigenvalue weighted by Crippen LogP contribution is 2.25. The molecule has 0 bridgehead atoms. The Kier molecular flexibility index (Phi) is 3.16. The van der Waals surface area contributed by atoms with Crippen molar-refractivity contribution in [3.05, 3.63) is 23.8 Å². The van der Waals surface area contributed by atoms with Crippen molar-refractivity contribution in [3.8, 4) is 0 Å². The summed E-state index contributed by atoms with van der Waals surface area (Å²) in [6, 6.07) is 4.42. The molecular weight excluding hydrogens is 256 g/mol. The summed E-state index contributed by atoms with van der Waals surface area (Å²) in [6.45, 7) is 0. The maximum atomic E-state index is 11.3. The largest absolute Gasteiger partial charge is 0.478 e. The molecule has 1 atom stereocenters. The van der Waals surface area contributed by atoms with E-state index in [0.717, 1.165) is 0 Å². The summed E-state index contributed by atoms with van der Waals surface area (Å²) < 4.78 is 22.7. The first-order valence-electron chi connectivity index (χ1n) is 5.48. The Morgan fingerprint density at radius 1 is 1.44 bits per heavy atom. The van der Waals surface area contributed by atoms with E-state index in [1.165, 1.54) is 6.07 Å². The highest BCUT2D eigenvalue weighted by molar-refractivity contribution is 7.91. The van der Waals surface area contributed by atoms with E-state index in [2.05, 4.69) is 5.32 Å². The lowest BCUT2D eigenvalue weighted by atomic mass is 10.1. The third kappa shape index (κ3) is 2.56. The Morgan fingerprint density at radius 3 is 2.72 bits per heavy atom. The molecule has 1 heterocycles. The Hall–Kier alpha value is -1.76. The van der Waals surface area contributed by atoms with Gasteiger partial charge in [0.05, 0.1) is 28.4 Å². The molecule has 0 saturated carbocycles. The van der Waals surface area contributed by atoms with Crippen LogP contribution in [-0.2, 0) is 9.84 Å². The van der Waals surface area contributed by atoms with E-state index in [9.17, 15) is 13.2 Å². The number of hydrogen-bond acceptors (Lipinski definition) is 5. The number of hydrogen-bond donors (Lipinski definition) is 3. The summed E-state index contributed by atoms with van der Waals surface area (Å²) in [5.74, 6) is -0.886. The number of carboxylic acids is 1. The van der Waals surface area contributed by atoms with Crippen LogP contribution >= 0.6 is 0 Å². The zero-order valence-corrected chi connectivity index (χ0v) is 10.4. The molecule has 2 rings (SSSR count). The normalized spacial score (nSPS) is 21.7. The fourth-order valence-corrected chi connectivity index (χ4v) is 3.68. The lowest BCUT2D eigenvalue weighted by molar-refractivity contribution is 0.0698. The fraction of sp³-hybridized carbons (Fsp3) is 0.364. The first-order valence-corrected chi connectivity index (χ1v) is 7.30. The van der Waals surface area contributed by atoms with Crippen molar-refractivity contribution in [2.75, 3.05) is 22.6 Å². The smallest absolute Gasteiger partial charge is 0.337 e. The van der Waals surface area contributed by atoms with E-state index in [4.69, 9.17) is 10.8 Å². The van der Waals surface area contributed by atoms with Crippen LogP contribution in [0.1, 0.15) is 16.8 Å². The molecule has 1 fully saturated rings. The van der Waals surface area contributed by atoms with Crippen LogP contribution < -0.4 is 11.1 Å². The number of carbonyl (C=O) groups is 1. The molecule has 0 radical (unpaired) electrons. The molecule has 0 aliphatic carbocycles. The predicted octanol–water partition coefficient (Wildman–Crippen LogP) is 0.566. The van der Waals surface area contributed by atoms with Crippen LogP contribution in [0.5, 0.6) is 0 Å². The molecule has 1 aromatic rings. The third-order valence-electron chi connectivity index (χ3n) is 2.93. The van der Waals surface area contributed by atoms with Crippen molar-refractivity contribution >= 4 is 27.2 Å². The molecule has 1 aliphatic heterocycles. The van der Waals surface area contributed by atoms with Crippen LogP contribution in [0.3, 0.4) is 0 Å². The van der Waals surface area contributed by atoms with E-state index < -0.39 is 15.8 Å². The number of carboxylic acid groups (broad SMARTS) is 1.